The summed E-state index contributed by atoms with van der Waals surface area (Å²) >= 11 is 0. The average molecular weight is 350 g/mol. The van der Waals surface area contributed by atoms with Crippen molar-refractivity contribution in [3.8, 4) is 11.3 Å². The molecule has 0 radical (unpaired) electrons. The van der Waals surface area contributed by atoms with Gasteiger partial charge in [-0.3, -0.25) is 14.6 Å². The number of fused-ring (bicyclic) bond motifs is 3. The van der Waals surface area contributed by atoms with Gasteiger partial charge >= 0.3 is 5.97 Å². The molecule has 0 saturated heterocycles. The van der Waals surface area contributed by atoms with Gasteiger partial charge < -0.3 is 10.8 Å². The molecule has 3 heterocycles. The smallest absolute Gasteiger partial charge is 0.305 e. The Labute approximate surface area is 148 Å². The van der Waals surface area contributed by atoms with Gasteiger partial charge in [-0.15, -0.1) is 0 Å². The Kier molecular flexibility index (Phi) is 3.80. The fourth-order valence-electron chi connectivity index (χ4n) is 3.19. The van der Waals surface area contributed by atoms with E-state index in [1.807, 2.05) is 31.2 Å². The van der Waals surface area contributed by atoms with Gasteiger partial charge in [0.1, 0.15) is 11.3 Å². The molecular formula is C18H18N6O2. The summed E-state index contributed by atoms with van der Waals surface area (Å²) < 4.78 is 1.69. The van der Waals surface area contributed by atoms with E-state index in [0.29, 0.717) is 12.2 Å². The molecule has 0 saturated carbocycles. The lowest BCUT2D eigenvalue weighted by atomic mass is 10.1. The van der Waals surface area contributed by atoms with Gasteiger partial charge in [-0.05, 0) is 24.6 Å². The Balaban J connectivity index is 1.87. The van der Waals surface area contributed by atoms with E-state index in [2.05, 4.69) is 20.3 Å². The Hall–Kier alpha value is -3.42. The number of aromatic amines is 1. The number of carboxylic acid groups (broad SMARTS) is 1. The number of aliphatic carboxylic acids is 1. The summed E-state index contributed by atoms with van der Waals surface area (Å²) in [6, 6.07) is 7.52. The largest absolute Gasteiger partial charge is 0.481 e. The Bertz CT molecular complexity index is 1100. The molecule has 8 heteroatoms. The first-order valence-electron chi connectivity index (χ1n) is 8.36. The molecule has 4 aromatic rings. The van der Waals surface area contributed by atoms with E-state index >= 15 is 0 Å². The molecule has 8 nitrogen and oxygen atoms in total. The fraction of sp³-hybridized carbons (Fsp3) is 0.222. The van der Waals surface area contributed by atoms with Gasteiger partial charge in [0, 0.05) is 23.3 Å². The van der Waals surface area contributed by atoms with Crippen LogP contribution in [0.3, 0.4) is 0 Å². The minimum Gasteiger partial charge on any atom is -0.481 e. The Morgan fingerprint density at radius 1 is 1.35 bits per heavy atom. The van der Waals surface area contributed by atoms with Gasteiger partial charge in [0.15, 0.2) is 0 Å². The third kappa shape index (κ3) is 2.65. The average Bonchev–Trinajstić information content (AvgIpc) is 3.29. The lowest BCUT2D eigenvalue weighted by molar-refractivity contribution is -0.138. The van der Waals surface area contributed by atoms with E-state index < -0.39 is 5.97 Å². The second kappa shape index (κ2) is 6.14. The van der Waals surface area contributed by atoms with E-state index in [4.69, 9.17) is 10.8 Å². The van der Waals surface area contributed by atoms with Crippen LogP contribution in [0.4, 0.5) is 5.82 Å². The number of aromatic nitrogens is 5. The number of nitrogens with one attached hydrogen (secondary N) is 1. The van der Waals surface area contributed by atoms with Crippen molar-refractivity contribution in [3.05, 3.63) is 36.7 Å². The number of carboxylic acids is 1. The number of carbonyl (C=O) groups is 1. The second-order valence-corrected chi connectivity index (χ2v) is 6.23. The summed E-state index contributed by atoms with van der Waals surface area (Å²) in [4.78, 5) is 15.6. The van der Waals surface area contributed by atoms with Crippen molar-refractivity contribution in [1.29, 1.82) is 0 Å². The van der Waals surface area contributed by atoms with Crippen molar-refractivity contribution < 1.29 is 9.90 Å². The molecule has 1 unspecified atom stereocenters. The predicted octanol–water partition coefficient (Wildman–Crippen LogP) is 2.98. The molecule has 0 amide bonds. The van der Waals surface area contributed by atoms with E-state index in [0.717, 1.165) is 33.1 Å². The second-order valence-electron chi connectivity index (χ2n) is 6.23. The van der Waals surface area contributed by atoms with Crippen LogP contribution in [-0.2, 0) is 4.79 Å². The number of nitrogens with two attached hydrogens (primary N) is 1. The normalized spacial score (nSPS) is 12.7. The van der Waals surface area contributed by atoms with Gasteiger partial charge in [0.2, 0.25) is 0 Å². The molecule has 0 aliphatic heterocycles. The van der Waals surface area contributed by atoms with Crippen molar-refractivity contribution >= 4 is 33.6 Å². The Morgan fingerprint density at radius 3 is 2.88 bits per heavy atom. The van der Waals surface area contributed by atoms with Crippen molar-refractivity contribution in [2.45, 2.75) is 25.8 Å². The van der Waals surface area contributed by atoms with E-state index in [-0.39, 0.29) is 12.5 Å². The van der Waals surface area contributed by atoms with Crippen LogP contribution in [0.25, 0.3) is 33.1 Å². The molecule has 4 rings (SSSR count). The van der Waals surface area contributed by atoms with Crippen LogP contribution in [0.1, 0.15) is 25.8 Å². The monoisotopic (exact) mass is 350 g/mol. The number of nitrogen functional groups attached to an aromatic ring is 1. The van der Waals surface area contributed by atoms with Gasteiger partial charge in [-0.25, -0.2) is 4.98 Å². The molecule has 26 heavy (non-hydrogen) atoms. The first kappa shape index (κ1) is 16.1. The lowest BCUT2D eigenvalue weighted by Crippen LogP contribution is -2.13. The van der Waals surface area contributed by atoms with Crippen molar-refractivity contribution in [2.75, 3.05) is 5.73 Å². The molecule has 1 atom stereocenters. The molecule has 1 aromatic carbocycles. The molecule has 4 N–H and O–H groups in total. The molecule has 3 aromatic heterocycles. The van der Waals surface area contributed by atoms with E-state index in [1.54, 1.807) is 17.1 Å². The first-order valence-corrected chi connectivity index (χ1v) is 8.36. The highest BCUT2D eigenvalue weighted by atomic mass is 16.4. The van der Waals surface area contributed by atoms with Crippen LogP contribution in [0.5, 0.6) is 0 Å². The molecule has 132 valence electrons. The molecule has 0 bridgehead atoms. The van der Waals surface area contributed by atoms with Crippen LogP contribution in [-0.4, -0.2) is 36.0 Å². The SMILES string of the molecule is CCC(CC(=O)O)n1cc2c(N)nc3cc(-c4ccn[nH]4)ccc3c2n1. The Morgan fingerprint density at radius 2 is 2.19 bits per heavy atom. The van der Waals surface area contributed by atoms with Gasteiger partial charge in [-0.1, -0.05) is 13.0 Å². The summed E-state index contributed by atoms with van der Waals surface area (Å²) in [5.41, 5.74) is 9.46. The van der Waals surface area contributed by atoms with Crippen molar-refractivity contribution in [3.63, 3.8) is 0 Å². The number of rotatable bonds is 5. The maximum absolute atomic E-state index is 11.1. The van der Waals surface area contributed by atoms with E-state index in [9.17, 15) is 4.79 Å². The summed E-state index contributed by atoms with van der Waals surface area (Å²) in [6.45, 7) is 1.94. The summed E-state index contributed by atoms with van der Waals surface area (Å²) in [5.74, 6) is -0.470. The zero-order chi connectivity index (χ0) is 18.3. The van der Waals surface area contributed by atoms with Crippen molar-refractivity contribution in [1.82, 2.24) is 25.0 Å². The van der Waals surface area contributed by atoms with Crippen LogP contribution in [0, 0.1) is 0 Å². The van der Waals surface area contributed by atoms with Gasteiger partial charge in [0.05, 0.1) is 29.1 Å². The highest BCUT2D eigenvalue weighted by Crippen LogP contribution is 2.31. The lowest BCUT2D eigenvalue weighted by Gasteiger charge is -2.12. The number of hydrogen-bond acceptors (Lipinski definition) is 5. The first-order chi connectivity index (χ1) is 12.6. The minimum absolute atomic E-state index is 0.0136. The van der Waals surface area contributed by atoms with Gasteiger partial charge in [-0.2, -0.15) is 10.2 Å². The maximum atomic E-state index is 11.1. The topological polar surface area (TPSA) is 123 Å². The predicted molar refractivity (Wildman–Crippen MR) is 98.6 cm³/mol. The summed E-state index contributed by atoms with van der Waals surface area (Å²) in [7, 11) is 0. The zero-order valence-electron chi connectivity index (χ0n) is 14.2. The number of anilines is 1. The van der Waals surface area contributed by atoms with Crippen molar-refractivity contribution in [2.24, 2.45) is 0 Å². The molecule has 0 spiro atoms. The fourth-order valence-corrected chi connectivity index (χ4v) is 3.19. The summed E-state index contributed by atoms with van der Waals surface area (Å²) in [5, 5.41) is 22.3. The standard InChI is InChI=1S/C18H18N6O2/c1-2-11(8-16(25)26)24-9-13-17(23-24)12-4-3-10(14-5-6-20-22-14)7-15(12)21-18(13)19/h3-7,9,11H,2,8H2,1H3,(H2,19,21)(H,20,22)(H,25,26). The highest BCUT2D eigenvalue weighted by molar-refractivity contribution is 6.08. The van der Waals surface area contributed by atoms with Crippen LogP contribution >= 0.6 is 0 Å². The number of benzene rings is 1. The zero-order valence-corrected chi connectivity index (χ0v) is 14.2. The molecule has 0 aliphatic rings. The minimum atomic E-state index is -0.850. The van der Waals surface area contributed by atoms with Crippen LogP contribution in [0.15, 0.2) is 36.7 Å². The third-order valence-corrected chi connectivity index (χ3v) is 4.57. The molecule has 0 fully saturated rings. The highest BCUT2D eigenvalue weighted by Gasteiger charge is 2.18. The third-order valence-electron chi connectivity index (χ3n) is 4.57. The van der Waals surface area contributed by atoms with Gasteiger partial charge in [0.25, 0.3) is 0 Å². The van der Waals surface area contributed by atoms with Crippen LogP contribution in [0.2, 0.25) is 0 Å². The van der Waals surface area contributed by atoms with Crippen LogP contribution < -0.4 is 5.73 Å². The number of nitrogens with zero attached hydrogens (tertiary/aromatic N) is 4. The molecule has 0 aliphatic carbocycles. The summed E-state index contributed by atoms with van der Waals surface area (Å²) in [6.07, 6.45) is 4.16. The number of hydrogen-bond donors (Lipinski definition) is 3. The maximum Gasteiger partial charge on any atom is 0.305 e. The number of pyridine rings is 1. The van der Waals surface area contributed by atoms with E-state index in [1.165, 1.54) is 0 Å². The number of H-pyrrole nitrogens is 1. The quantitative estimate of drug-likeness (QED) is 0.508. The molecular weight excluding hydrogens is 332 g/mol.